The zero-order chi connectivity index (χ0) is 13.0. The summed E-state index contributed by atoms with van der Waals surface area (Å²) < 4.78 is 0. The standard InChI is InChI=1S/C16H30N2/c1-14-4-6-16(7-5-14)15(2)8-9-18-12-10-17(3)11-13-18/h4,15-16H,5-13H2,1-3H3. The lowest BCUT2D eigenvalue weighted by atomic mass is 9.80. The Morgan fingerprint density at radius 3 is 2.61 bits per heavy atom. The Balaban J connectivity index is 1.67. The third-order valence-electron chi connectivity index (χ3n) is 4.98. The second-order valence-corrected chi connectivity index (χ2v) is 6.50. The maximum Gasteiger partial charge on any atom is 0.0110 e. The number of piperazine rings is 1. The van der Waals surface area contributed by atoms with Crippen LogP contribution in [0, 0.1) is 11.8 Å². The molecule has 2 atom stereocenters. The lowest BCUT2D eigenvalue weighted by Crippen LogP contribution is -2.45. The number of rotatable bonds is 4. The van der Waals surface area contributed by atoms with E-state index >= 15 is 0 Å². The minimum absolute atomic E-state index is 0.897. The van der Waals surface area contributed by atoms with Crippen molar-refractivity contribution in [2.75, 3.05) is 39.8 Å². The summed E-state index contributed by atoms with van der Waals surface area (Å²) in [6, 6.07) is 0. The monoisotopic (exact) mass is 250 g/mol. The van der Waals surface area contributed by atoms with Gasteiger partial charge in [-0.15, -0.1) is 0 Å². The smallest absolute Gasteiger partial charge is 0.0110 e. The fourth-order valence-corrected chi connectivity index (χ4v) is 3.20. The Bertz CT molecular complexity index is 277. The van der Waals surface area contributed by atoms with Crippen molar-refractivity contribution in [1.29, 1.82) is 0 Å². The van der Waals surface area contributed by atoms with Crippen molar-refractivity contribution in [2.45, 2.75) is 39.5 Å². The van der Waals surface area contributed by atoms with Crippen LogP contribution in [0.3, 0.4) is 0 Å². The van der Waals surface area contributed by atoms with Gasteiger partial charge in [0, 0.05) is 26.2 Å². The molecule has 0 aromatic heterocycles. The molecular formula is C16H30N2. The van der Waals surface area contributed by atoms with E-state index in [1.165, 1.54) is 58.4 Å². The Morgan fingerprint density at radius 1 is 1.28 bits per heavy atom. The van der Waals surface area contributed by atoms with Crippen molar-refractivity contribution in [1.82, 2.24) is 9.80 Å². The number of nitrogens with zero attached hydrogens (tertiary/aromatic N) is 2. The van der Waals surface area contributed by atoms with Crippen LogP contribution in [0.5, 0.6) is 0 Å². The normalized spacial score (nSPS) is 29.1. The first kappa shape index (κ1) is 14.1. The topological polar surface area (TPSA) is 6.48 Å². The van der Waals surface area contributed by atoms with Gasteiger partial charge >= 0.3 is 0 Å². The molecule has 18 heavy (non-hydrogen) atoms. The van der Waals surface area contributed by atoms with Crippen LogP contribution in [-0.2, 0) is 0 Å². The molecule has 0 aromatic carbocycles. The molecule has 0 N–H and O–H groups in total. The van der Waals surface area contributed by atoms with Gasteiger partial charge in [0.05, 0.1) is 0 Å². The number of allylic oxidation sites excluding steroid dienone is 2. The average molecular weight is 250 g/mol. The van der Waals surface area contributed by atoms with Gasteiger partial charge in [0.15, 0.2) is 0 Å². The average Bonchev–Trinajstić information content (AvgIpc) is 2.38. The predicted molar refractivity (Wildman–Crippen MR) is 78.8 cm³/mol. The molecule has 104 valence electrons. The van der Waals surface area contributed by atoms with Crippen molar-refractivity contribution < 1.29 is 0 Å². The van der Waals surface area contributed by atoms with E-state index in [2.05, 4.69) is 36.8 Å². The van der Waals surface area contributed by atoms with Gasteiger partial charge in [-0.25, -0.2) is 0 Å². The Hall–Kier alpha value is -0.340. The van der Waals surface area contributed by atoms with E-state index in [1.54, 1.807) is 5.57 Å². The third-order valence-corrected chi connectivity index (χ3v) is 4.98. The first-order valence-corrected chi connectivity index (χ1v) is 7.71. The van der Waals surface area contributed by atoms with Crippen LogP contribution in [0.4, 0.5) is 0 Å². The van der Waals surface area contributed by atoms with Crippen LogP contribution in [-0.4, -0.2) is 49.6 Å². The van der Waals surface area contributed by atoms with Gasteiger partial charge in [-0.3, -0.25) is 0 Å². The Kier molecular flexibility index (Phi) is 5.25. The summed E-state index contributed by atoms with van der Waals surface area (Å²) in [5.41, 5.74) is 1.61. The molecule has 1 heterocycles. The number of likely N-dealkylation sites (N-methyl/N-ethyl adjacent to an activating group) is 1. The van der Waals surface area contributed by atoms with Crippen molar-refractivity contribution in [3.8, 4) is 0 Å². The molecule has 0 amide bonds. The van der Waals surface area contributed by atoms with Crippen LogP contribution >= 0.6 is 0 Å². The molecule has 2 heteroatoms. The molecule has 1 aliphatic heterocycles. The Labute approximate surface area is 113 Å². The van der Waals surface area contributed by atoms with Crippen molar-refractivity contribution in [3.63, 3.8) is 0 Å². The highest BCUT2D eigenvalue weighted by molar-refractivity contribution is 5.03. The minimum atomic E-state index is 0.897. The second kappa shape index (κ2) is 6.72. The molecule has 2 unspecified atom stereocenters. The van der Waals surface area contributed by atoms with E-state index in [-0.39, 0.29) is 0 Å². The summed E-state index contributed by atoms with van der Waals surface area (Å²) in [7, 11) is 2.23. The predicted octanol–water partition coefficient (Wildman–Crippen LogP) is 3.01. The molecule has 0 aromatic rings. The lowest BCUT2D eigenvalue weighted by Gasteiger charge is -2.34. The van der Waals surface area contributed by atoms with Crippen molar-refractivity contribution in [3.05, 3.63) is 11.6 Å². The summed E-state index contributed by atoms with van der Waals surface area (Å²) in [5.74, 6) is 1.84. The first-order valence-electron chi connectivity index (χ1n) is 7.71. The summed E-state index contributed by atoms with van der Waals surface area (Å²) >= 11 is 0. The maximum atomic E-state index is 2.65. The van der Waals surface area contributed by atoms with Gasteiger partial charge in [0.25, 0.3) is 0 Å². The molecule has 1 aliphatic carbocycles. The van der Waals surface area contributed by atoms with Gasteiger partial charge in [-0.1, -0.05) is 18.6 Å². The summed E-state index contributed by atoms with van der Waals surface area (Å²) in [6.07, 6.45) is 7.95. The fourth-order valence-electron chi connectivity index (χ4n) is 3.20. The summed E-state index contributed by atoms with van der Waals surface area (Å²) in [4.78, 5) is 5.09. The molecule has 0 bridgehead atoms. The van der Waals surface area contributed by atoms with Crippen LogP contribution in [0.15, 0.2) is 11.6 Å². The van der Waals surface area contributed by atoms with Gasteiger partial charge in [-0.05, 0) is 58.0 Å². The van der Waals surface area contributed by atoms with Crippen LogP contribution in [0.2, 0.25) is 0 Å². The van der Waals surface area contributed by atoms with Crippen molar-refractivity contribution >= 4 is 0 Å². The minimum Gasteiger partial charge on any atom is -0.304 e. The molecule has 2 aliphatic rings. The van der Waals surface area contributed by atoms with E-state index in [4.69, 9.17) is 0 Å². The maximum absolute atomic E-state index is 2.65. The van der Waals surface area contributed by atoms with E-state index < -0.39 is 0 Å². The van der Waals surface area contributed by atoms with Gasteiger partial charge < -0.3 is 9.80 Å². The Morgan fingerprint density at radius 2 is 2.00 bits per heavy atom. The first-order chi connectivity index (χ1) is 8.65. The lowest BCUT2D eigenvalue weighted by molar-refractivity contribution is 0.141. The summed E-state index contributed by atoms with van der Waals surface area (Å²) in [6.45, 7) is 11.1. The van der Waals surface area contributed by atoms with Gasteiger partial charge in [-0.2, -0.15) is 0 Å². The highest BCUT2D eigenvalue weighted by atomic mass is 15.2. The van der Waals surface area contributed by atoms with Crippen molar-refractivity contribution in [2.24, 2.45) is 11.8 Å². The highest BCUT2D eigenvalue weighted by Gasteiger charge is 2.21. The number of hydrogen-bond donors (Lipinski definition) is 0. The summed E-state index contributed by atoms with van der Waals surface area (Å²) in [5, 5.41) is 0. The van der Waals surface area contributed by atoms with Crippen LogP contribution in [0.1, 0.15) is 39.5 Å². The molecule has 1 fully saturated rings. The van der Waals surface area contributed by atoms with E-state index in [0.717, 1.165) is 11.8 Å². The SMILES string of the molecule is CC1=CCC(C(C)CCN2CCN(C)CC2)CC1. The highest BCUT2D eigenvalue weighted by Crippen LogP contribution is 2.30. The van der Waals surface area contributed by atoms with Crippen LogP contribution in [0.25, 0.3) is 0 Å². The molecular weight excluding hydrogens is 220 g/mol. The van der Waals surface area contributed by atoms with Crippen LogP contribution < -0.4 is 0 Å². The van der Waals surface area contributed by atoms with E-state index in [1.807, 2.05) is 0 Å². The van der Waals surface area contributed by atoms with E-state index in [0.29, 0.717) is 0 Å². The zero-order valence-electron chi connectivity index (χ0n) is 12.5. The molecule has 0 spiro atoms. The molecule has 0 saturated carbocycles. The number of hydrogen-bond acceptors (Lipinski definition) is 2. The van der Waals surface area contributed by atoms with Gasteiger partial charge in [0.1, 0.15) is 0 Å². The quantitative estimate of drug-likeness (QED) is 0.708. The molecule has 2 nitrogen and oxygen atoms in total. The largest absolute Gasteiger partial charge is 0.304 e. The second-order valence-electron chi connectivity index (χ2n) is 6.50. The molecule has 2 rings (SSSR count). The molecule has 1 saturated heterocycles. The zero-order valence-corrected chi connectivity index (χ0v) is 12.5. The fraction of sp³-hybridized carbons (Fsp3) is 0.875. The third kappa shape index (κ3) is 4.10. The molecule has 0 radical (unpaired) electrons. The van der Waals surface area contributed by atoms with E-state index in [9.17, 15) is 0 Å². The van der Waals surface area contributed by atoms with Gasteiger partial charge in [0.2, 0.25) is 0 Å².